The summed E-state index contributed by atoms with van der Waals surface area (Å²) in [5, 5.41) is 3.16. The quantitative estimate of drug-likeness (QED) is 0.738. The zero-order valence-corrected chi connectivity index (χ0v) is 15.0. The number of hydrogen-bond donors (Lipinski definition) is 1. The highest BCUT2D eigenvalue weighted by Gasteiger charge is 2.39. The van der Waals surface area contributed by atoms with Crippen LogP contribution in [-0.4, -0.2) is 11.7 Å². The van der Waals surface area contributed by atoms with Gasteiger partial charge in [0.1, 0.15) is 0 Å². The largest absolute Gasteiger partial charge is 0.347 e. The summed E-state index contributed by atoms with van der Waals surface area (Å²) >= 11 is 3.35. The van der Waals surface area contributed by atoms with Crippen LogP contribution in [0.1, 0.15) is 48.0 Å². The van der Waals surface area contributed by atoms with Gasteiger partial charge < -0.3 is 5.32 Å². The van der Waals surface area contributed by atoms with E-state index in [1.807, 2.05) is 30.3 Å². The summed E-state index contributed by atoms with van der Waals surface area (Å²) in [6.45, 7) is 0. The van der Waals surface area contributed by atoms with Crippen molar-refractivity contribution in [3.05, 3.63) is 70.2 Å². The monoisotopic (exact) mass is 385 g/mol. The van der Waals surface area contributed by atoms with Gasteiger partial charge in [-0.25, -0.2) is 0 Å². The summed E-state index contributed by atoms with van der Waals surface area (Å²) in [6.07, 6.45) is 3.50. The van der Waals surface area contributed by atoms with Crippen LogP contribution in [0.2, 0.25) is 0 Å². The molecule has 1 aliphatic rings. The van der Waals surface area contributed by atoms with Crippen molar-refractivity contribution >= 4 is 27.6 Å². The van der Waals surface area contributed by atoms with Crippen LogP contribution >= 0.6 is 15.9 Å². The molecule has 0 radical (unpaired) electrons. The molecule has 0 saturated heterocycles. The molecule has 1 aliphatic carbocycles. The smallest absolute Gasteiger partial charge is 0.221 e. The Hall–Kier alpha value is -1.94. The second-order valence-corrected chi connectivity index (χ2v) is 7.20. The van der Waals surface area contributed by atoms with Crippen molar-refractivity contribution in [3.63, 3.8) is 0 Å². The van der Waals surface area contributed by atoms with Gasteiger partial charge in [0.25, 0.3) is 0 Å². The number of rotatable bonds is 6. The van der Waals surface area contributed by atoms with Crippen LogP contribution in [0.5, 0.6) is 0 Å². The molecule has 1 fully saturated rings. The molecule has 0 atom stereocenters. The van der Waals surface area contributed by atoms with Crippen LogP contribution in [0, 0.1) is 0 Å². The van der Waals surface area contributed by atoms with Crippen LogP contribution in [0.15, 0.2) is 59.1 Å². The van der Waals surface area contributed by atoms with Gasteiger partial charge in [-0.2, -0.15) is 0 Å². The van der Waals surface area contributed by atoms with Crippen LogP contribution in [0.4, 0.5) is 0 Å². The SMILES string of the molecule is O=C(CCC(=O)c1ccc(Br)cc1)NC1(c2ccccc2)CCC1. The fourth-order valence-electron chi connectivity index (χ4n) is 3.11. The molecule has 3 nitrogen and oxygen atoms in total. The first-order chi connectivity index (χ1) is 11.6. The van der Waals surface area contributed by atoms with Crippen LogP contribution < -0.4 is 5.32 Å². The number of benzene rings is 2. The average molecular weight is 386 g/mol. The highest BCUT2D eigenvalue weighted by molar-refractivity contribution is 9.10. The Morgan fingerprint density at radius 2 is 1.62 bits per heavy atom. The fourth-order valence-corrected chi connectivity index (χ4v) is 3.37. The zero-order valence-electron chi connectivity index (χ0n) is 13.4. The van der Waals surface area contributed by atoms with Gasteiger partial charge >= 0.3 is 0 Å². The number of halogens is 1. The minimum Gasteiger partial charge on any atom is -0.347 e. The van der Waals surface area contributed by atoms with Gasteiger partial charge in [0.15, 0.2) is 5.78 Å². The first kappa shape index (κ1) is 16.9. The summed E-state index contributed by atoms with van der Waals surface area (Å²) in [6, 6.07) is 17.3. The second-order valence-electron chi connectivity index (χ2n) is 6.28. The lowest BCUT2D eigenvalue weighted by molar-refractivity contribution is -0.124. The molecular formula is C20H20BrNO2. The van der Waals surface area contributed by atoms with Crippen molar-refractivity contribution in [2.45, 2.75) is 37.6 Å². The predicted molar refractivity (Wildman–Crippen MR) is 97.8 cm³/mol. The molecule has 0 bridgehead atoms. The Labute approximate surface area is 150 Å². The van der Waals surface area contributed by atoms with Crippen molar-refractivity contribution in [1.29, 1.82) is 0 Å². The minimum atomic E-state index is -0.237. The molecule has 4 heteroatoms. The normalized spacial score (nSPS) is 15.4. The Kier molecular flexibility index (Phi) is 5.14. The summed E-state index contributed by atoms with van der Waals surface area (Å²) < 4.78 is 0.937. The van der Waals surface area contributed by atoms with E-state index in [-0.39, 0.29) is 30.1 Å². The van der Waals surface area contributed by atoms with E-state index in [0.29, 0.717) is 5.56 Å². The summed E-state index contributed by atoms with van der Waals surface area (Å²) in [5.41, 5.74) is 1.56. The van der Waals surface area contributed by atoms with E-state index < -0.39 is 0 Å². The van der Waals surface area contributed by atoms with Crippen molar-refractivity contribution < 1.29 is 9.59 Å². The predicted octanol–water partition coefficient (Wildman–Crippen LogP) is 4.61. The number of Topliss-reactive ketones (excluding diaryl/α,β-unsaturated/α-hetero) is 1. The second kappa shape index (κ2) is 7.31. The maximum Gasteiger partial charge on any atom is 0.221 e. The minimum absolute atomic E-state index is 0.0000190. The van der Waals surface area contributed by atoms with E-state index in [2.05, 4.69) is 33.4 Å². The summed E-state index contributed by atoms with van der Waals surface area (Å²) in [5.74, 6) is -0.0518. The molecule has 1 amide bonds. The van der Waals surface area contributed by atoms with E-state index in [1.165, 1.54) is 0 Å². The molecule has 3 rings (SSSR count). The highest BCUT2D eigenvalue weighted by atomic mass is 79.9. The molecule has 1 N–H and O–H groups in total. The number of hydrogen-bond acceptors (Lipinski definition) is 2. The van der Waals surface area contributed by atoms with Gasteiger partial charge in [-0.15, -0.1) is 0 Å². The average Bonchev–Trinajstić information content (AvgIpc) is 2.57. The lowest BCUT2D eigenvalue weighted by atomic mass is 9.71. The number of amides is 1. The molecule has 0 aliphatic heterocycles. The molecule has 0 heterocycles. The third-order valence-electron chi connectivity index (χ3n) is 4.66. The van der Waals surface area contributed by atoms with Gasteiger partial charge in [0, 0.05) is 22.9 Å². The van der Waals surface area contributed by atoms with E-state index >= 15 is 0 Å². The van der Waals surface area contributed by atoms with Gasteiger partial charge in [-0.05, 0) is 37.0 Å². The molecule has 0 unspecified atom stereocenters. The van der Waals surface area contributed by atoms with E-state index in [1.54, 1.807) is 12.1 Å². The molecule has 0 spiro atoms. The van der Waals surface area contributed by atoms with Crippen molar-refractivity contribution in [1.82, 2.24) is 5.32 Å². The topological polar surface area (TPSA) is 46.2 Å². The van der Waals surface area contributed by atoms with Crippen molar-refractivity contribution in [3.8, 4) is 0 Å². The number of ketones is 1. The van der Waals surface area contributed by atoms with E-state index in [0.717, 1.165) is 29.3 Å². The maximum atomic E-state index is 12.3. The zero-order chi connectivity index (χ0) is 17.0. The van der Waals surface area contributed by atoms with Crippen LogP contribution in [0.25, 0.3) is 0 Å². The third kappa shape index (κ3) is 3.75. The molecule has 0 aromatic heterocycles. The Morgan fingerprint density at radius 3 is 2.21 bits per heavy atom. The lowest BCUT2D eigenvalue weighted by Gasteiger charge is -2.43. The number of carbonyl (C=O) groups is 2. The van der Waals surface area contributed by atoms with Crippen LogP contribution in [-0.2, 0) is 10.3 Å². The van der Waals surface area contributed by atoms with E-state index in [4.69, 9.17) is 0 Å². The first-order valence-corrected chi connectivity index (χ1v) is 9.04. The molecule has 24 heavy (non-hydrogen) atoms. The molecular weight excluding hydrogens is 366 g/mol. The van der Waals surface area contributed by atoms with Gasteiger partial charge in [0.2, 0.25) is 5.91 Å². The molecule has 1 saturated carbocycles. The molecule has 2 aromatic carbocycles. The summed E-state index contributed by atoms with van der Waals surface area (Å²) in [7, 11) is 0. The Bertz CT molecular complexity index is 721. The highest BCUT2D eigenvalue weighted by Crippen LogP contribution is 2.41. The number of nitrogens with one attached hydrogen (secondary N) is 1. The molecule has 124 valence electrons. The van der Waals surface area contributed by atoms with Crippen molar-refractivity contribution in [2.24, 2.45) is 0 Å². The molecule has 2 aromatic rings. The maximum absolute atomic E-state index is 12.3. The fraction of sp³-hybridized carbons (Fsp3) is 0.300. The van der Waals surface area contributed by atoms with Crippen LogP contribution in [0.3, 0.4) is 0 Å². The Morgan fingerprint density at radius 1 is 0.958 bits per heavy atom. The van der Waals surface area contributed by atoms with Gasteiger partial charge in [0.05, 0.1) is 5.54 Å². The first-order valence-electron chi connectivity index (χ1n) is 8.24. The Balaban J connectivity index is 1.57. The third-order valence-corrected chi connectivity index (χ3v) is 5.19. The lowest BCUT2D eigenvalue weighted by Crippen LogP contribution is -2.50. The van der Waals surface area contributed by atoms with Gasteiger partial charge in [-0.3, -0.25) is 9.59 Å². The van der Waals surface area contributed by atoms with Gasteiger partial charge in [-0.1, -0.05) is 58.4 Å². The standard InChI is InChI=1S/C20H20BrNO2/c21-17-9-7-15(8-10-17)18(23)11-12-19(24)22-20(13-4-14-20)16-5-2-1-3-6-16/h1-3,5-10H,4,11-14H2,(H,22,24). The van der Waals surface area contributed by atoms with E-state index in [9.17, 15) is 9.59 Å². The number of carbonyl (C=O) groups excluding carboxylic acids is 2. The summed E-state index contributed by atoms with van der Waals surface area (Å²) in [4.78, 5) is 24.5. The van der Waals surface area contributed by atoms with Crippen molar-refractivity contribution in [2.75, 3.05) is 0 Å².